The van der Waals surface area contributed by atoms with Crippen LogP contribution in [0.5, 0.6) is 0 Å². The van der Waals surface area contributed by atoms with Gasteiger partial charge in [-0.25, -0.2) is 9.97 Å². The summed E-state index contributed by atoms with van der Waals surface area (Å²) in [6.45, 7) is 6.44. The number of thiazole rings is 2. The minimum absolute atomic E-state index is 0.0605. The Labute approximate surface area is 125 Å². The average Bonchev–Trinajstić information content (AvgIpc) is 3.06. The van der Waals surface area contributed by atoms with E-state index in [4.69, 9.17) is 15.1 Å². The van der Waals surface area contributed by atoms with E-state index in [-0.39, 0.29) is 5.41 Å². The van der Waals surface area contributed by atoms with Gasteiger partial charge in [0.2, 0.25) is 0 Å². The zero-order valence-corrected chi connectivity index (χ0v) is 13.1. The molecule has 0 aromatic carbocycles. The average molecular weight is 305 g/mol. The maximum absolute atomic E-state index is 5.75. The fourth-order valence-corrected chi connectivity index (χ4v) is 3.73. The molecule has 6 heteroatoms. The van der Waals surface area contributed by atoms with Crippen molar-refractivity contribution in [2.75, 3.05) is 5.73 Å². The molecule has 0 bridgehead atoms. The summed E-state index contributed by atoms with van der Waals surface area (Å²) in [7, 11) is 0. The van der Waals surface area contributed by atoms with Crippen molar-refractivity contribution in [3.63, 3.8) is 0 Å². The zero-order valence-electron chi connectivity index (χ0n) is 11.5. The second kappa shape index (κ2) is 4.71. The van der Waals surface area contributed by atoms with Crippen molar-refractivity contribution in [1.29, 1.82) is 0 Å². The molecule has 4 nitrogen and oxygen atoms in total. The Morgan fingerprint density at radius 2 is 2.05 bits per heavy atom. The topological polar surface area (TPSA) is 64.9 Å². The van der Waals surface area contributed by atoms with Gasteiger partial charge >= 0.3 is 0 Å². The van der Waals surface area contributed by atoms with Crippen LogP contribution in [0.3, 0.4) is 0 Å². The second-order valence-electron chi connectivity index (χ2n) is 5.50. The van der Waals surface area contributed by atoms with Crippen LogP contribution in [0.4, 0.5) is 5.13 Å². The van der Waals surface area contributed by atoms with E-state index in [9.17, 15) is 0 Å². The third-order valence-electron chi connectivity index (χ3n) is 2.82. The van der Waals surface area contributed by atoms with Gasteiger partial charge in [0.05, 0.1) is 22.5 Å². The van der Waals surface area contributed by atoms with Gasteiger partial charge in [-0.05, 0) is 12.1 Å². The molecule has 0 atom stereocenters. The molecule has 0 aliphatic heterocycles. The number of furan rings is 1. The number of nitrogens with two attached hydrogens (primary N) is 1. The normalized spacial score (nSPS) is 11.9. The molecule has 0 saturated heterocycles. The van der Waals surface area contributed by atoms with E-state index in [1.165, 1.54) is 11.3 Å². The largest absolute Gasteiger partial charge is 0.462 e. The Hall–Kier alpha value is -1.66. The number of rotatable bonds is 2. The van der Waals surface area contributed by atoms with Crippen molar-refractivity contribution in [3.05, 3.63) is 29.5 Å². The summed E-state index contributed by atoms with van der Waals surface area (Å²) in [5, 5.41) is 3.43. The highest BCUT2D eigenvalue weighted by atomic mass is 32.1. The minimum atomic E-state index is -0.0605. The molecule has 0 aliphatic carbocycles. The summed E-state index contributed by atoms with van der Waals surface area (Å²) < 4.78 is 5.45. The van der Waals surface area contributed by atoms with Gasteiger partial charge in [-0.3, -0.25) is 0 Å². The third-order valence-corrected chi connectivity index (χ3v) is 4.59. The van der Waals surface area contributed by atoms with Gasteiger partial charge in [0.15, 0.2) is 15.9 Å². The van der Waals surface area contributed by atoms with Crippen LogP contribution in [-0.2, 0) is 5.41 Å². The molecule has 0 fully saturated rings. The Morgan fingerprint density at radius 3 is 2.60 bits per heavy atom. The van der Waals surface area contributed by atoms with E-state index in [0.29, 0.717) is 5.13 Å². The summed E-state index contributed by atoms with van der Waals surface area (Å²) in [4.78, 5) is 10.2. The van der Waals surface area contributed by atoms with Gasteiger partial charge in [0.25, 0.3) is 0 Å². The van der Waals surface area contributed by atoms with Crippen molar-refractivity contribution < 1.29 is 4.42 Å². The Balaban J connectivity index is 2.17. The number of nitrogens with zero attached hydrogens (tertiary/aromatic N) is 2. The first-order valence-electron chi connectivity index (χ1n) is 6.22. The first kappa shape index (κ1) is 13.3. The second-order valence-corrected chi connectivity index (χ2v) is 7.38. The molecule has 0 saturated carbocycles. The molecule has 3 rings (SSSR count). The van der Waals surface area contributed by atoms with Gasteiger partial charge < -0.3 is 10.2 Å². The molecule has 0 aliphatic rings. The highest BCUT2D eigenvalue weighted by Crippen LogP contribution is 2.41. The SMILES string of the molecule is CC(C)(C)c1nc(-c2ccco2)sc1-c1csc(N)n1. The fourth-order valence-electron chi connectivity index (χ4n) is 1.90. The van der Waals surface area contributed by atoms with Gasteiger partial charge in [0, 0.05) is 10.8 Å². The maximum atomic E-state index is 5.75. The van der Waals surface area contributed by atoms with E-state index in [2.05, 4.69) is 25.8 Å². The monoisotopic (exact) mass is 305 g/mol. The number of nitrogen functional groups attached to an aromatic ring is 1. The van der Waals surface area contributed by atoms with E-state index in [1.54, 1.807) is 17.6 Å². The van der Waals surface area contributed by atoms with E-state index in [0.717, 1.165) is 27.0 Å². The molecule has 0 unspecified atom stereocenters. The smallest absolute Gasteiger partial charge is 0.180 e. The molecule has 3 aromatic rings. The Bertz CT molecular complexity index is 720. The van der Waals surface area contributed by atoms with Crippen molar-refractivity contribution in [3.8, 4) is 21.3 Å². The maximum Gasteiger partial charge on any atom is 0.180 e. The highest BCUT2D eigenvalue weighted by molar-refractivity contribution is 7.19. The molecule has 3 aromatic heterocycles. The lowest BCUT2D eigenvalue weighted by Gasteiger charge is -2.16. The summed E-state index contributed by atoms with van der Waals surface area (Å²) >= 11 is 3.04. The molecular weight excluding hydrogens is 290 g/mol. The van der Waals surface area contributed by atoms with Gasteiger partial charge in [0.1, 0.15) is 0 Å². The zero-order chi connectivity index (χ0) is 14.3. The van der Waals surface area contributed by atoms with Crippen LogP contribution in [0.1, 0.15) is 26.5 Å². The summed E-state index contributed by atoms with van der Waals surface area (Å²) in [5.74, 6) is 0.787. The highest BCUT2D eigenvalue weighted by Gasteiger charge is 2.26. The van der Waals surface area contributed by atoms with Crippen LogP contribution in [0, 0.1) is 0 Å². The lowest BCUT2D eigenvalue weighted by atomic mass is 9.91. The number of hydrogen-bond donors (Lipinski definition) is 1. The predicted octanol–water partition coefficient (Wildman–Crippen LogP) is 4.41. The van der Waals surface area contributed by atoms with Crippen LogP contribution in [0.25, 0.3) is 21.3 Å². The quantitative estimate of drug-likeness (QED) is 0.761. The molecule has 2 N–H and O–H groups in total. The van der Waals surface area contributed by atoms with Crippen molar-refractivity contribution in [2.24, 2.45) is 0 Å². The van der Waals surface area contributed by atoms with Crippen molar-refractivity contribution in [1.82, 2.24) is 9.97 Å². The van der Waals surface area contributed by atoms with Crippen LogP contribution >= 0.6 is 22.7 Å². The van der Waals surface area contributed by atoms with Crippen LogP contribution < -0.4 is 5.73 Å². The molecule has 0 spiro atoms. The van der Waals surface area contributed by atoms with Gasteiger partial charge in [-0.15, -0.1) is 22.7 Å². The summed E-state index contributed by atoms with van der Waals surface area (Å²) in [6, 6.07) is 3.79. The molecule has 20 heavy (non-hydrogen) atoms. The lowest BCUT2D eigenvalue weighted by molar-refractivity contribution is 0.567. The summed E-state index contributed by atoms with van der Waals surface area (Å²) in [5.41, 5.74) is 7.61. The van der Waals surface area contributed by atoms with E-state index >= 15 is 0 Å². The fraction of sp³-hybridized carbons (Fsp3) is 0.286. The Morgan fingerprint density at radius 1 is 1.25 bits per heavy atom. The van der Waals surface area contributed by atoms with E-state index in [1.807, 2.05) is 17.5 Å². The molecular formula is C14H15N3OS2. The van der Waals surface area contributed by atoms with Gasteiger partial charge in [-0.1, -0.05) is 20.8 Å². The minimum Gasteiger partial charge on any atom is -0.462 e. The predicted molar refractivity (Wildman–Crippen MR) is 84.0 cm³/mol. The van der Waals surface area contributed by atoms with Crippen molar-refractivity contribution >= 4 is 27.8 Å². The standard InChI is InChI=1S/C14H15N3OS2/c1-14(2,3)11-10(8-7-19-13(15)16-8)20-12(17-11)9-5-4-6-18-9/h4-7H,1-3H3,(H2,15,16). The van der Waals surface area contributed by atoms with Crippen molar-refractivity contribution in [2.45, 2.75) is 26.2 Å². The third kappa shape index (κ3) is 2.36. The van der Waals surface area contributed by atoms with Gasteiger partial charge in [-0.2, -0.15) is 0 Å². The molecule has 0 radical (unpaired) electrons. The van der Waals surface area contributed by atoms with Crippen LogP contribution in [0.15, 0.2) is 28.2 Å². The van der Waals surface area contributed by atoms with Crippen LogP contribution in [-0.4, -0.2) is 9.97 Å². The van der Waals surface area contributed by atoms with E-state index < -0.39 is 0 Å². The number of aromatic nitrogens is 2. The first-order chi connectivity index (χ1) is 9.45. The molecule has 3 heterocycles. The molecule has 0 amide bonds. The lowest BCUT2D eigenvalue weighted by Crippen LogP contribution is -2.13. The first-order valence-corrected chi connectivity index (χ1v) is 7.91. The summed E-state index contributed by atoms with van der Waals surface area (Å²) in [6.07, 6.45) is 1.66. The Kier molecular flexibility index (Phi) is 3.14. The number of anilines is 1. The molecule has 104 valence electrons. The van der Waals surface area contributed by atoms with Crippen LogP contribution in [0.2, 0.25) is 0 Å². The number of hydrogen-bond acceptors (Lipinski definition) is 6.